The summed E-state index contributed by atoms with van der Waals surface area (Å²) >= 11 is 0. The lowest BCUT2D eigenvalue weighted by molar-refractivity contribution is -0.167. The van der Waals surface area contributed by atoms with Crippen molar-refractivity contribution in [3.05, 3.63) is 109 Å². The van der Waals surface area contributed by atoms with E-state index in [2.05, 4.69) is 112 Å². The molecule has 0 aromatic heterocycles. The van der Waals surface area contributed by atoms with Crippen LogP contribution in [0.25, 0.3) is 0 Å². The molecule has 0 aliphatic carbocycles. The van der Waals surface area contributed by atoms with Gasteiger partial charge in [0, 0.05) is 19.3 Å². The van der Waals surface area contributed by atoms with E-state index in [1.54, 1.807) is 0 Å². The number of ether oxygens (including phenoxy) is 3. The molecule has 0 bridgehead atoms. The molecule has 0 spiro atoms. The Hall–Kier alpha value is -3.93. The Morgan fingerprint density at radius 3 is 1.09 bits per heavy atom. The molecule has 0 N–H and O–H groups in total. The molecule has 0 aromatic carbocycles. The fourth-order valence-corrected chi connectivity index (χ4v) is 7.46. The second-order valence-electron chi connectivity index (χ2n) is 18.2. The normalized spacial score (nSPS) is 12.9. The Labute approximate surface area is 419 Å². The molecule has 0 radical (unpaired) electrons. The molecule has 0 saturated heterocycles. The van der Waals surface area contributed by atoms with Gasteiger partial charge < -0.3 is 14.2 Å². The summed E-state index contributed by atoms with van der Waals surface area (Å²) in [6, 6.07) is 0. The topological polar surface area (TPSA) is 78.9 Å². The summed E-state index contributed by atoms with van der Waals surface area (Å²) in [6.45, 7) is 6.33. The molecule has 1 atom stereocenters. The van der Waals surface area contributed by atoms with Gasteiger partial charge >= 0.3 is 17.9 Å². The Bertz CT molecular complexity index is 1410. The van der Waals surface area contributed by atoms with Crippen LogP contribution in [-0.4, -0.2) is 37.2 Å². The van der Waals surface area contributed by atoms with Crippen molar-refractivity contribution in [2.75, 3.05) is 13.2 Å². The molecule has 0 rings (SSSR count). The Morgan fingerprint density at radius 2 is 0.647 bits per heavy atom. The lowest BCUT2D eigenvalue weighted by atomic mass is 10.1. The van der Waals surface area contributed by atoms with Gasteiger partial charge in [-0.25, -0.2) is 0 Å². The van der Waals surface area contributed by atoms with Crippen LogP contribution in [0.2, 0.25) is 0 Å². The van der Waals surface area contributed by atoms with Crippen molar-refractivity contribution in [3.63, 3.8) is 0 Å². The van der Waals surface area contributed by atoms with Gasteiger partial charge in [0.15, 0.2) is 6.10 Å². The van der Waals surface area contributed by atoms with E-state index in [1.165, 1.54) is 89.9 Å². The summed E-state index contributed by atoms with van der Waals surface area (Å²) in [5.41, 5.74) is 0. The highest BCUT2D eigenvalue weighted by atomic mass is 16.6. The number of hydrogen-bond acceptors (Lipinski definition) is 6. The fourth-order valence-electron chi connectivity index (χ4n) is 7.46. The standard InChI is InChI=1S/C62H102O6/c1-4-7-10-13-16-19-22-25-28-30-31-32-35-37-40-43-46-49-52-55-61(64)67-58-59(57-66-60(63)54-51-48-45-42-39-36-33-27-24-21-18-15-12-9-6-3)68-62(65)56-53-50-47-44-41-38-34-29-26-23-20-17-14-11-8-5-2/h8-9,11-12,15-22,24-27,29,33,59H,4-7,10,13-14,23,28,30-32,34-58H2,1-3H3/b11-8-,12-9-,18-15-,19-16-,20-17-,24-21-,25-22-,29-26-,33-27-. The van der Waals surface area contributed by atoms with Gasteiger partial charge in [0.25, 0.3) is 0 Å². The molecule has 0 saturated carbocycles. The smallest absolute Gasteiger partial charge is 0.306 e. The highest BCUT2D eigenvalue weighted by molar-refractivity contribution is 5.71. The van der Waals surface area contributed by atoms with Gasteiger partial charge in [0.1, 0.15) is 13.2 Å². The third-order valence-electron chi connectivity index (χ3n) is 11.6. The monoisotopic (exact) mass is 943 g/mol. The minimum absolute atomic E-state index is 0.0947. The average molecular weight is 943 g/mol. The van der Waals surface area contributed by atoms with E-state index >= 15 is 0 Å². The Kier molecular flexibility index (Phi) is 52.4. The first-order chi connectivity index (χ1) is 33.5. The molecule has 0 amide bonds. The maximum atomic E-state index is 12.8. The van der Waals surface area contributed by atoms with Gasteiger partial charge in [-0.2, -0.15) is 0 Å². The third kappa shape index (κ3) is 53.0. The lowest BCUT2D eigenvalue weighted by Gasteiger charge is -2.18. The van der Waals surface area contributed by atoms with Gasteiger partial charge in [-0.05, 0) is 96.3 Å². The Balaban J connectivity index is 4.44. The zero-order chi connectivity index (χ0) is 49.3. The number of rotatable bonds is 49. The van der Waals surface area contributed by atoms with Crippen molar-refractivity contribution in [2.45, 2.75) is 252 Å². The van der Waals surface area contributed by atoms with E-state index in [1.807, 2.05) is 18.2 Å². The number of carbonyl (C=O) groups excluding carboxylic acids is 3. The molecule has 6 heteroatoms. The van der Waals surface area contributed by atoms with Crippen LogP contribution in [0.5, 0.6) is 0 Å². The third-order valence-corrected chi connectivity index (χ3v) is 11.6. The molecule has 68 heavy (non-hydrogen) atoms. The van der Waals surface area contributed by atoms with Crippen LogP contribution < -0.4 is 0 Å². The van der Waals surface area contributed by atoms with Crippen molar-refractivity contribution in [3.8, 4) is 0 Å². The van der Waals surface area contributed by atoms with Crippen molar-refractivity contribution in [1.82, 2.24) is 0 Å². The van der Waals surface area contributed by atoms with Crippen LogP contribution in [0.3, 0.4) is 0 Å². The van der Waals surface area contributed by atoms with Crippen LogP contribution in [0.15, 0.2) is 109 Å². The van der Waals surface area contributed by atoms with Crippen molar-refractivity contribution >= 4 is 17.9 Å². The van der Waals surface area contributed by atoms with E-state index in [9.17, 15) is 14.4 Å². The predicted molar refractivity (Wildman–Crippen MR) is 293 cm³/mol. The van der Waals surface area contributed by atoms with Crippen LogP contribution in [-0.2, 0) is 28.6 Å². The second-order valence-corrected chi connectivity index (χ2v) is 18.2. The highest BCUT2D eigenvalue weighted by Gasteiger charge is 2.19. The molecular weight excluding hydrogens is 841 g/mol. The summed E-state index contributed by atoms with van der Waals surface area (Å²) in [7, 11) is 0. The van der Waals surface area contributed by atoms with Crippen molar-refractivity contribution in [1.29, 1.82) is 0 Å². The zero-order valence-corrected chi connectivity index (χ0v) is 44.1. The van der Waals surface area contributed by atoms with E-state index in [0.29, 0.717) is 19.3 Å². The molecule has 0 aliphatic rings. The number of carbonyl (C=O) groups is 3. The molecule has 1 unspecified atom stereocenters. The first-order valence-electron chi connectivity index (χ1n) is 28.0. The van der Waals surface area contributed by atoms with Crippen LogP contribution in [0.1, 0.15) is 245 Å². The molecule has 6 nitrogen and oxygen atoms in total. The molecule has 0 aromatic rings. The summed E-state index contributed by atoms with van der Waals surface area (Å²) in [4.78, 5) is 38.1. The number of hydrogen-bond donors (Lipinski definition) is 0. The first-order valence-corrected chi connectivity index (χ1v) is 28.0. The molecule has 0 fully saturated rings. The van der Waals surface area contributed by atoms with Gasteiger partial charge in [-0.15, -0.1) is 0 Å². The first kappa shape index (κ1) is 64.1. The van der Waals surface area contributed by atoms with E-state index in [0.717, 1.165) is 116 Å². The number of unbranched alkanes of at least 4 members (excludes halogenated alkanes) is 24. The lowest BCUT2D eigenvalue weighted by Crippen LogP contribution is -2.30. The van der Waals surface area contributed by atoms with E-state index in [4.69, 9.17) is 14.2 Å². The van der Waals surface area contributed by atoms with Gasteiger partial charge in [-0.3, -0.25) is 14.4 Å². The molecule has 0 heterocycles. The quantitative estimate of drug-likeness (QED) is 0.0199. The molecular formula is C62H102O6. The zero-order valence-electron chi connectivity index (χ0n) is 44.1. The summed E-state index contributed by atoms with van der Waals surface area (Å²) in [6.07, 6.45) is 75.0. The number of esters is 3. The average Bonchev–Trinajstić information content (AvgIpc) is 3.34. The molecule has 0 aliphatic heterocycles. The molecule has 386 valence electrons. The second kappa shape index (κ2) is 55.7. The van der Waals surface area contributed by atoms with Crippen LogP contribution >= 0.6 is 0 Å². The maximum absolute atomic E-state index is 12.8. The highest BCUT2D eigenvalue weighted by Crippen LogP contribution is 2.15. The Morgan fingerprint density at radius 1 is 0.324 bits per heavy atom. The maximum Gasteiger partial charge on any atom is 0.306 e. The SMILES string of the molecule is CC\C=C/C=C\C=C/C=C\CCCCCCCC(=O)OCC(COC(=O)CCCCCCCCCCCC/C=C\C=C/CCCCC)OC(=O)CCCCCCCC/C=C\C/C=C\C/C=C\CC. The van der Waals surface area contributed by atoms with Crippen molar-refractivity contribution < 1.29 is 28.6 Å². The van der Waals surface area contributed by atoms with Crippen LogP contribution in [0, 0.1) is 0 Å². The summed E-state index contributed by atoms with van der Waals surface area (Å²) < 4.78 is 16.8. The summed E-state index contributed by atoms with van der Waals surface area (Å²) in [5.74, 6) is -0.935. The van der Waals surface area contributed by atoms with Gasteiger partial charge in [0.05, 0.1) is 0 Å². The van der Waals surface area contributed by atoms with E-state index in [-0.39, 0.29) is 31.1 Å². The summed E-state index contributed by atoms with van der Waals surface area (Å²) in [5, 5.41) is 0. The van der Waals surface area contributed by atoms with Crippen molar-refractivity contribution in [2.24, 2.45) is 0 Å². The van der Waals surface area contributed by atoms with E-state index < -0.39 is 6.10 Å². The van der Waals surface area contributed by atoms with Crippen LogP contribution in [0.4, 0.5) is 0 Å². The van der Waals surface area contributed by atoms with Gasteiger partial charge in [-0.1, -0.05) is 239 Å². The minimum atomic E-state index is -0.799. The predicted octanol–water partition coefficient (Wildman–Crippen LogP) is 18.7. The minimum Gasteiger partial charge on any atom is -0.462 e. The largest absolute Gasteiger partial charge is 0.462 e. The number of allylic oxidation sites excluding steroid dienone is 18. The fraction of sp³-hybridized carbons (Fsp3) is 0.661. The van der Waals surface area contributed by atoms with Gasteiger partial charge in [0.2, 0.25) is 0 Å².